The van der Waals surface area contributed by atoms with Gasteiger partial charge in [0, 0.05) is 18.2 Å². The molecule has 0 aliphatic heterocycles. The lowest BCUT2D eigenvalue weighted by Crippen LogP contribution is -2.32. The fourth-order valence-electron chi connectivity index (χ4n) is 2.34. The molecule has 1 fully saturated rings. The van der Waals surface area contributed by atoms with E-state index in [1.165, 1.54) is 36.4 Å². The molecule has 2 aromatic rings. The van der Waals surface area contributed by atoms with Crippen LogP contribution in [0.1, 0.15) is 28.8 Å². The molecule has 0 heterocycles. The number of amides is 1. The van der Waals surface area contributed by atoms with Crippen molar-refractivity contribution in [2.45, 2.75) is 25.4 Å². The zero-order valence-electron chi connectivity index (χ0n) is 11.4. The van der Waals surface area contributed by atoms with E-state index in [1.807, 2.05) is 0 Å². The van der Waals surface area contributed by atoms with Gasteiger partial charge in [0.15, 0.2) is 0 Å². The van der Waals surface area contributed by atoms with E-state index in [2.05, 4.69) is 0 Å². The summed E-state index contributed by atoms with van der Waals surface area (Å²) in [6.45, 7) is 0.374. The third-order valence-corrected chi connectivity index (χ3v) is 3.58. The quantitative estimate of drug-likeness (QED) is 0.838. The lowest BCUT2D eigenvalue weighted by atomic mass is 10.1. The van der Waals surface area contributed by atoms with Crippen LogP contribution in [-0.4, -0.2) is 16.8 Å². The molecular formula is C17H15F2NO. The summed E-state index contributed by atoms with van der Waals surface area (Å²) >= 11 is 0. The molecule has 2 nitrogen and oxygen atoms in total. The molecule has 0 radical (unpaired) electrons. The molecule has 108 valence electrons. The summed E-state index contributed by atoms with van der Waals surface area (Å²) in [5.41, 5.74) is 1.22. The first-order valence-corrected chi connectivity index (χ1v) is 6.94. The van der Waals surface area contributed by atoms with E-state index in [0.29, 0.717) is 12.1 Å². The highest BCUT2D eigenvalue weighted by atomic mass is 19.1. The maximum Gasteiger partial charge on any atom is 0.254 e. The number of rotatable bonds is 4. The molecular weight excluding hydrogens is 272 g/mol. The molecule has 0 bridgehead atoms. The zero-order valence-corrected chi connectivity index (χ0v) is 11.4. The summed E-state index contributed by atoms with van der Waals surface area (Å²) in [5, 5.41) is 0. The van der Waals surface area contributed by atoms with Gasteiger partial charge in [-0.05, 0) is 54.8 Å². The summed E-state index contributed by atoms with van der Waals surface area (Å²) in [4.78, 5) is 14.3. The Morgan fingerprint density at radius 1 is 1.05 bits per heavy atom. The van der Waals surface area contributed by atoms with Gasteiger partial charge < -0.3 is 4.90 Å². The Morgan fingerprint density at radius 3 is 2.38 bits per heavy atom. The van der Waals surface area contributed by atoms with Crippen molar-refractivity contribution in [2.24, 2.45) is 0 Å². The second-order valence-electron chi connectivity index (χ2n) is 5.30. The third kappa shape index (κ3) is 3.27. The molecule has 4 heteroatoms. The first kappa shape index (κ1) is 13.7. The first-order valence-electron chi connectivity index (χ1n) is 6.94. The van der Waals surface area contributed by atoms with Crippen LogP contribution in [-0.2, 0) is 6.54 Å². The van der Waals surface area contributed by atoms with Crippen molar-refractivity contribution < 1.29 is 13.6 Å². The van der Waals surface area contributed by atoms with Crippen LogP contribution in [0.5, 0.6) is 0 Å². The highest BCUT2D eigenvalue weighted by Crippen LogP contribution is 2.30. The van der Waals surface area contributed by atoms with Crippen LogP contribution in [0.15, 0.2) is 48.5 Å². The molecule has 0 saturated heterocycles. The molecule has 0 unspecified atom stereocenters. The molecule has 0 spiro atoms. The van der Waals surface area contributed by atoms with E-state index in [4.69, 9.17) is 0 Å². The number of hydrogen-bond donors (Lipinski definition) is 0. The molecule has 1 amide bonds. The van der Waals surface area contributed by atoms with E-state index in [1.54, 1.807) is 17.0 Å². The molecule has 2 aromatic carbocycles. The topological polar surface area (TPSA) is 20.3 Å². The Balaban J connectivity index is 1.81. The molecule has 0 aromatic heterocycles. The van der Waals surface area contributed by atoms with Crippen molar-refractivity contribution in [3.63, 3.8) is 0 Å². The van der Waals surface area contributed by atoms with Gasteiger partial charge in [0.2, 0.25) is 0 Å². The van der Waals surface area contributed by atoms with Crippen LogP contribution in [0.25, 0.3) is 0 Å². The molecule has 1 saturated carbocycles. The van der Waals surface area contributed by atoms with Crippen molar-refractivity contribution in [1.29, 1.82) is 0 Å². The molecule has 1 aliphatic rings. The van der Waals surface area contributed by atoms with Crippen molar-refractivity contribution >= 4 is 5.91 Å². The lowest BCUT2D eigenvalue weighted by molar-refractivity contribution is 0.0729. The molecule has 1 aliphatic carbocycles. The first-order chi connectivity index (χ1) is 10.1. The highest BCUT2D eigenvalue weighted by Gasteiger charge is 2.33. The average molecular weight is 287 g/mol. The second-order valence-corrected chi connectivity index (χ2v) is 5.30. The zero-order chi connectivity index (χ0) is 14.8. The number of nitrogens with zero attached hydrogens (tertiary/aromatic N) is 1. The van der Waals surface area contributed by atoms with Crippen molar-refractivity contribution in [2.75, 3.05) is 0 Å². The van der Waals surface area contributed by atoms with Gasteiger partial charge in [0.25, 0.3) is 5.91 Å². The van der Waals surface area contributed by atoms with Crippen LogP contribution in [0.2, 0.25) is 0 Å². The predicted octanol–water partition coefficient (Wildman–Crippen LogP) is 3.77. The van der Waals surface area contributed by atoms with E-state index >= 15 is 0 Å². The molecule has 0 N–H and O–H groups in total. The van der Waals surface area contributed by atoms with E-state index < -0.39 is 0 Å². The summed E-state index contributed by atoms with van der Waals surface area (Å²) in [7, 11) is 0. The van der Waals surface area contributed by atoms with Gasteiger partial charge in [-0.2, -0.15) is 0 Å². The minimum Gasteiger partial charge on any atom is -0.331 e. The van der Waals surface area contributed by atoms with Gasteiger partial charge in [0.05, 0.1) is 0 Å². The van der Waals surface area contributed by atoms with E-state index in [-0.39, 0.29) is 23.6 Å². The summed E-state index contributed by atoms with van der Waals surface area (Å²) < 4.78 is 26.2. The third-order valence-electron chi connectivity index (χ3n) is 3.58. The molecule has 0 atom stereocenters. The van der Waals surface area contributed by atoms with Gasteiger partial charge in [-0.25, -0.2) is 8.78 Å². The Kier molecular flexibility index (Phi) is 3.69. The number of benzene rings is 2. The average Bonchev–Trinajstić information content (AvgIpc) is 3.29. The smallest absolute Gasteiger partial charge is 0.254 e. The van der Waals surface area contributed by atoms with Crippen LogP contribution in [0, 0.1) is 11.6 Å². The largest absolute Gasteiger partial charge is 0.331 e. The van der Waals surface area contributed by atoms with Crippen molar-refractivity contribution in [3.8, 4) is 0 Å². The number of carbonyl (C=O) groups is 1. The minimum absolute atomic E-state index is 0.137. The van der Waals surface area contributed by atoms with E-state index in [0.717, 1.165) is 18.4 Å². The SMILES string of the molecule is O=C(c1ccc(F)cc1)N(Cc1cccc(F)c1)C1CC1. The number of halogens is 2. The Hall–Kier alpha value is -2.23. The van der Waals surface area contributed by atoms with Gasteiger partial charge in [-0.15, -0.1) is 0 Å². The fraction of sp³-hybridized carbons (Fsp3) is 0.235. The van der Waals surface area contributed by atoms with Crippen LogP contribution < -0.4 is 0 Å². The molecule has 21 heavy (non-hydrogen) atoms. The van der Waals surface area contributed by atoms with Gasteiger partial charge in [-0.1, -0.05) is 12.1 Å². The molecule has 3 rings (SSSR count). The standard InChI is InChI=1S/C17H15F2NO/c18-14-6-4-13(5-7-14)17(21)20(16-8-9-16)11-12-2-1-3-15(19)10-12/h1-7,10,16H,8-9,11H2. The van der Waals surface area contributed by atoms with Crippen LogP contribution in [0.4, 0.5) is 8.78 Å². The normalized spacial score (nSPS) is 14.0. The van der Waals surface area contributed by atoms with Gasteiger partial charge in [0.1, 0.15) is 11.6 Å². The number of carbonyl (C=O) groups excluding carboxylic acids is 1. The van der Waals surface area contributed by atoms with Crippen molar-refractivity contribution in [3.05, 3.63) is 71.3 Å². The van der Waals surface area contributed by atoms with Crippen LogP contribution >= 0.6 is 0 Å². The predicted molar refractivity (Wildman–Crippen MR) is 75.7 cm³/mol. The fourth-order valence-corrected chi connectivity index (χ4v) is 2.34. The maximum atomic E-state index is 13.3. The lowest BCUT2D eigenvalue weighted by Gasteiger charge is -2.22. The summed E-state index contributed by atoms with van der Waals surface area (Å²) in [5.74, 6) is -0.811. The Labute approximate surface area is 122 Å². The maximum absolute atomic E-state index is 13.3. The van der Waals surface area contributed by atoms with E-state index in [9.17, 15) is 13.6 Å². The highest BCUT2D eigenvalue weighted by molar-refractivity contribution is 5.94. The second kappa shape index (κ2) is 5.64. The van der Waals surface area contributed by atoms with Crippen LogP contribution in [0.3, 0.4) is 0 Å². The number of hydrogen-bond acceptors (Lipinski definition) is 1. The Bertz CT molecular complexity index is 650. The van der Waals surface area contributed by atoms with Crippen molar-refractivity contribution in [1.82, 2.24) is 4.90 Å². The van der Waals surface area contributed by atoms with Gasteiger partial charge >= 0.3 is 0 Å². The Morgan fingerprint density at radius 2 is 1.76 bits per heavy atom. The summed E-state index contributed by atoms with van der Waals surface area (Å²) in [6, 6.07) is 12.0. The minimum atomic E-state index is -0.366. The monoisotopic (exact) mass is 287 g/mol. The summed E-state index contributed by atoms with van der Waals surface area (Å²) in [6.07, 6.45) is 1.92. The van der Waals surface area contributed by atoms with Gasteiger partial charge in [-0.3, -0.25) is 4.79 Å².